The Labute approximate surface area is 79.6 Å². The smallest absolute Gasteiger partial charge is 0.308 e. The lowest BCUT2D eigenvalue weighted by molar-refractivity contribution is -0.147. The van der Waals surface area contributed by atoms with Gasteiger partial charge in [-0.1, -0.05) is 19.3 Å². The minimum atomic E-state index is -0.0719. The highest BCUT2D eigenvalue weighted by Gasteiger charge is 2.29. The van der Waals surface area contributed by atoms with Crippen LogP contribution in [0.2, 0.25) is 0 Å². The van der Waals surface area contributed by atoms with Gasteiger partial charge in [0.05, 0.1) is 13.0 Å². The minimum absolute atomic E-state index is 0.0532. The summed E-state index contributed by atoms with van der Waals surface area (Å²) >= 11 is 0. The fourth-order valence-corrected chi connectivity index (χ4v) is 2.13. The molecule has 1 aliphatic rings. The first-order valence-electron chi connectivity index (χ1n) is 5.07. The van der Waals surface area contributed by atoms with Crippen molar-refractivity contribution in [1.29, 1.82) is 0 Å². The molecule has 0 radical (unpaired) electrons. The molecule has 1 rings (SSSR count). The molecule has 0 aromatic heterocycles. The Kier molecular flexibility index (Phi) is 4.22. The van der Waals surface area contributed by atoms with Crippen LogP contribution in [0.25, 0.3) is 0 Å². The standard InChI is InChI=1S/C10H19NO2/c1-13-10(12)9-6-4-2-3-5-8(9)7-11/h8-9H,2-7,11H2,1H3. The Hall–Kier alpha value is -0.570. The Morgan fingerprint density at radius 2 is 2.08 bits per heavy atom. The van der Waals surface area contributed by atoms with Crippen molar-refractivity contribution >= 4 is 5.97 Å². The van der Waals surface area contributed by atoms with Crippen molar-refractivity contribution in [3.8, 4) is 0 Å². The second kappa shape index (κ2) is 5.22. The van der Waals surface area contributed by atoms with Gasteiger partial charge in [-0.25, -0.2) is 0 Å². The van der Waals surface area contributed by atoms with Gasteiger partial charge in [0.15, 0.2) is 0 Å². The van der Waals surface area contributed by atoms with Crippen LogP contribution in [-0.2, 0) is 9.53 Å². The maximum absolute atomic E-state index is 11.4. The highest BCUT2D eigenvalue weighted by atomic mass is 16.5. The second-order valence-corrected chi connectivity index (χ2v) is 3.76. The molecule has 1 saturated carbocycles. The van der Waals surface area contributed by atoms with E-state index in [2.05, 4.69) is 0 Å². The summed E-state index contributed by atoms with van der Waals surface area (Å²) in [4.78, 5) is 11.4. The molecule has 2 atom stereocenters. The minimum Gasteiger partial charge on any atom is -0.469 e. The molecule has 0 aliphatic heterocycles. The van der Waals surface area contributed by atoms with Gasteiger partial charge in [-0.15, -0.1) is 0 Å². The fraction of sp³-hybridized carbons (Fsp3) is 0.900. The maximum atomic E-state index is 11.4. The molecule has 2 unspecified atom stereocenters. The molecular weight excluding hydrogens is 166 g/mol. The zero-order valence-corrected chi connectivity index (χ0v) is 8.29. The lowest BCUT2D eigenvalue weighted by atomic mass is 9.88. The van der Waals surface area contributed by atoms with Crippen molar-refractivity contribution in [3.63, 3.8) is 0 Å². The average Bonchev–Trinajstić information content (AvgIpc) is 2.41. The van der Waals surface area contributed by atoms with E-state index >= 15 is 0 Å². The largest absolute Gasteiger partial charge is 0.469 e. The first-order valence-corrected chi connectivity index (χ1v) is 5.07. The van der Waals surface area contributed by atoms with E-state index in [1.807, 2.05) is 0 Å². The van der Waals surface area contributed by atoms with E-state index in [4.69, 9.17) is 10.5 Å². The van der Waals surface area contributed by atoms with E-state index in [9.17, 15) is 4.79 Å². The molecule has 2 N–H and O–H groups in total. The fourth-order valence-electron chi connectivity index (χ4n) is 2.13. The lowest BCUT2D eigenvalue weighted by Crippen LogP contribution is -2.29. The maximum Gasteiger partial charge on any atom is 0.308 e. The van der Waals surface area contributed by atoms with Crippen molar-refractivity contribution in [2.24, 2.45) is 17.6 Å². The van der Waals surface area contributed by atoms with Gasteiger partial charge in [-0.3, -0.25) is 4.79 Å². The van der Waals surface area contributed by atoms with Crippen LogP contribution in [0, 0.1) is 11.8 Å². The topological polar surface area (TPSA) is 52.3 Å². The first kappa shape index (κ1) is 10.5. The Morgan fingerprint density at radius 3 is 2.69 bits per heavy atom. The Balaban J connectivity index is 2.58. The summed E-state index contributed by atoms with van der Waals surface area (Å²) in [6.45, 7) is 0.611. The highest BCUT2D eigenvalue weighted by molar-refractivity contribution is 5.72. The molecule has 1 aliphatic carbocycles. The number of methoxy groups -OCH3 is 1. The summed E-state index contributed by atoms with van der Waals surface area (Å²) < 4.78 is 4.78. The monoisotopic (exact) mass is 185 g/mol. The summed E-state index contributed by atoms with van der Waals surface area (Å²) in [6, 6.07) is 0. The molecular formula is C10H19NO2. The number of esters is 1. The molecule has 0 saturated heterocycles. The molecule has 0 amide bonds. The van der Waals surface area contributed by atoms with Crippen LogP contribution in [0.3, 0.4) is 0 Å². The van der Waals surface area contributed by atoms with Crippen molar-refractivity contribution in [3.05, 3.63) is 0 Å². The zero-order chi connectivity index (χ0) is 9.68. The number of ether oxygens (including phenoxy) is 1. The van der Waals surface area contributed by atoms with E-state index in [1.54, 1.807) is 0 Å². The van der Waals surface area contributed by atoms with Gasteiger partial charge in [0, 0.05) is 0 Å². The van der Waals surface area contributed by atoms with Crippen LogP contribution in [0.1, 0.15) is 32.1 Å². The van der Waals surface area contributed by atoms with Crippen molar-refractivity contribution in [2.75, 3.05) is 13.7 Å². The summed E-state index contributed by atoms with van der Waals surface area (Å²) in [6.07, 6.45) is 5.60. The molecule has 0 heterocycles. The number of rotatable bonds is 2. The molecule has 0 aromatic carbocycles. The highest BCUT2D eigenvalue weighted by Crippen LogP contribution is 2.28. The SMILES string of the molecule is COC(=O)C1CCCCCC1CN. The van der Waals surface area contributed by atoms with Crippen LogP contribution in [-0.4, -0.2) is 19.6 Å². The van der Waals surface area contributed by atoms with E-state index < -0.39 is 0 Å². The lowest BCUT2D eigenvalue weighted by Gasteiger charge is -2.20. The van der Waals surface area contributed by atoms with Crippen LogP contribution in [0.4, 0.5) is 0 Å². The van der Waals surface area contributed by atoms with Gasteiger partial charge in [0.1, 0.15) is 0 Å². The average molecular weight is 185 g/mol. The molecule has 76 valence electrons. The van der Waals surface area contributed by atoms with Gasteiger partial charge in [-0.05, 0) is 25.3 Å². The third kappa shape index (κ3) is 2.69. The molecule has 3 heteroatoms. The summed E-state index contributed by atoms with van der Waals surface area (Å²) in [5.41, 5.74) is 5.65. The van der Waals surface area contributed by atoms with Gasteiger partial charge >= 0.3 is 5.97 Å². The van der Waals surface area contributed by atoms with Crippen LogP contribution in [0.5, 0.6) is 0 Å². The third-order valence-corrected chi connectivity index (χ3v) is 2.97. The number of hydrogen-bond donors (Lipinski definition) is 1. The zero-order valence-electron chi connectivity index (χ0n) is 8.29. The summed E-state index contributed by atoms with van der Waals surface area (Å²) in [5, 5.41) is 0. The van der Waals surface area contributed by atoms with E-state index in [0.29, 0.717) is 12.5 Å². The van der Waals surface area contributed by atoms with Crippen LogP contribution in [0.15, 0.2) is 0 Å². The number of hydrogen-bond acceptors (Lipinski definition) is 3. The number of carbonyl (C=O) groups excluding carboxylic acids is 1. The van der Waals surface area contributed by atoms with E-state index in [-0.39, 0.29) is 11.9 Å². The first-order chi connectivity index (χ1) is 6.29. The summed E-state index contributed by atoms with van der Waals surface area (Å²) in [7, 11) is 1.46. The van der Waals surface area contributed by atoms with Crippen molar-refractivity contribution < 1.29 is 9.53 Å². The number of carbonyl (C=O) groups is 1. The van der Waals surface area contributed by atoms with Crippen molar-refractivity contribution in [1.82, 2.24) is 0 Å². The van der Waals surface area contributed by atoms with Gasteiger partial charge in [0.25, 0.3) is 0 Å². The second-order valence-electron chi connectivity index (χ2n) is 3.76. The molecule has 0 spiro atoms. The van der Waals surface area contributed by atoms with Crippen molar-refractivity contribution in [2.45, 2.75) is 32.1 Å². The van der Waals surface area contributed by atoms with Crippen LogP contribution < -0.4 is 5.73 Å². The summed E-state index contributed by atoms with van der Waals surface area (Å²) in [5.74, 6) is 0.324. The van der Waals surface area contributed by atoms with Gasteiger partial charge in [0.2, 0.25) is 0 Å². The molecule has 13 heavy (non-hydrogen) atoms. The van der Waals surface area contributed by atoms with Gasteiger partial charge in [-0.2, -0.15) is 0 Å². The quantitative estimate of drug-likeness (QED) is 0.521. The normalized spacial score (nSPS) is 29.4. The van der Waals surface area contributed by atoms with Gasteiger partial charge < -0.3 is 10.5 Å². The predicted molar refractivity (Wildman–Crippen MR) is 51.1 cm³/mol. The van der Waals surface area contributed by atoms with Crippen LogP contribution >= 0.6 is 0 Å². The molecule has 0 bridgehead atoms. The predicted octanol–water partition coefficient (Wildman–Crippen LogP) is 1.31. The van der Waals surface area contributed by atoms with E-state index in [1.165, 1.54) is 20.0 Å². The Morgan fingerprint density at radius 1 is 1.38 bits per heavy atom. The Bertz CT molecular complexity index is 170. The molecule has 1 fully saturated rings. The van der Waals surface area contributed by atoms with E-state index in [0.717, 1.165) is 19.3 Å². The third-order valence-electron chi connectivity index (χ3n) is 2.97. The number of nitrogens with two attached hydrogens (primary N) is 1. The molecule has 0 aromatic rings. The molecule has 3 nitrogen and oxygen atoms in total.